The first kappa shape index (κ1) is 20.1. The quantitative estimate of drug-likeness (QED) is 0.745. The number of carbonyl (C=O) groups is 1. The molecular weight excluding hydrogens is 343 g/mol. The third kappa shape index (κ3) is 5.45. The predicted octanol–water partition coefficient (Wildman–Crippen LogP) is 2.96. The molecule has 148 valence electrons. The van der Waals surface area contributed by atoms with Crippen molar-refractivity contribution >= 4 is 18.8 Å². The molecule has 0 saturated carbocycles. The van der Waals surface area contributed by atoms with Crippen LogP contribution in [0.2, 0.25) is 0 Å². The molecule has 1 aromatic heterocycles. The first-order valence-corrected chi connectivity index (χ1v) is 9.81. The molecule has 0 radical (unpaired) electrons. The van der Waals surface area contributed by atoms with Crippen LogP contribution in [0.3, 0.4) is 0 Å². The van der Waals surface area contributed by atoms with E-state index in [0.29, 0.717) is 32.2 Å². The summed E-state index contributed by atoms with van der Waals surface area (Å²) >= 11 is 0. The number of likely N-dealkylation sites (tertiary alicyclic amines) is 1. The second-order valence-corrected chi connectivity index (χ2v) is 9.35. The molecule has 0 N–H and O–H groups in total. The zero-order chi connectivity index (χ0) is 19.7. The number of amides is 1. The van der Waals surface area contributed by atoms with Crippen LogP contribution in [0.5, 0.6) is 0 Å². The highest BCUT2D eigenvalue weighted by Gasteiger charge is 2.35. The van der Waals surface area contributed by atoms with Crippen LogP contribution < -0.4 is 5.59 Å². The predicted molar refractivity (Wildman–Crippen MR) is 105 cm³/mol. The van der Waals surface area contributed by atoms with Gasteiger partial charge in [-0.15, -0.1) is 0 Å². The number of hydrogen-bond acceptors (Lipinski definition) is 5. The largest absolute Gasteiger partial charge is 0.513 e. The van der Waals surface area contributed by atoms with Gasteiger partial charge >= 0.3 is 13.2 Å². The van der Waals surface area contributed by atoms with E-state index in [0.717, 1.165) is 24.1 Å². The van der Waals surface area contributed by atoms with Crippen molar-refractivity contribution in [3.63, 3.8) is 0 Å². The minimum Gasteiger partial charge on any atom is -0.444 e. The molecule has 1 amide bonds. The van der Waals surface area contributed by atoms with Crippen LogP contribution in [0.4, 0.5) is 4.79 Å². The van der Waals surface area contributed by atoms with Crippen molar-refractivity contribution in [1.82, 2.24) is 9.88 Å². The van der Waals surface area contributed by atoms with E-state index in [2.05, 4.69) is 19.9 Å². The van der Waals surface area contributed by atoms with E-state index in [1.165, 1.54) is 0 Å². The molecule has 7 heteroatoms. The van der Waals surface area contributed by atoms with Crippen LogP contribution in [0.25, 0.3) is 0 Å². The van der Waals surface area contributed by atoms with Gasteiger partial charge in [-0.05, 0) is 45.7 Å². The number of nitrogens with zero attached hydrogens (tertiary/aromatic N) is 2. The average molecular weight is 374 g/mol. The summed E-state index contributed by atoms with van der Waals surface area (Å²) in [5.74, 6) is 0.337. The lowest BCUT2D eigenvalue weighted by atomic mass is 9.79. The molecule has 0 aromatic carbocycles. The second-order valence-electron chi connectivity index (χ2n) is 9.35. The minimum atomic E-state index is -0.460. The highest BCUT2D eigenvalue weighted by molar-refractivity contribution is 6.60. The molecule has 0 unspecified atom stereocenters. The summed E-state index contributed by atoms with van der Waals surface area (Å²) in [6, 6.07) is 6.04. The van der Waals surface area contributed by atoms with Gasteiger partial charge in [0.15, 0.2) is 0 Å². The molecule has 2 aliphatic rings. The van der Waals surface area contributed by atoms with Gasteiger partial charge in [-0.25, -0.2) is 4.79 Å². The minimum absolute atomic E-state index is 0.0442. The summed E-state index contributed by atoms with van der Waals surface area (Å²) in [6.07, 6.45) is 1.54. The highest BCUT2D eigenvalue weighted by Crippen LogP contribution is 2.27. The lowest BCUT2D eigenvalue weighted by molar-refractivity contribution is 0.0204. The molecular formula is C20H31BN2O4. The third-order valence-electron chi connectivity index (χ3n) is 4.85. The van der Waals surface area contributed by atoms with Gasteiger partial charge in [0.05, 0.1) is 5.59 Å². The number of carbonyl (C=O) groups excluding carboxylic acids is 1. The van der Waals surface area contributed by atoms with Gasteiger partial charge in [0.25, 0.3) is 0 Å². The van der Waals surface area contributed by atoms with Crippen molar-refractivity contribution < 1.29 is 18.8 Å². The van der Waals surface area contributed by atoms with Crippen LogP contribution in [-0.2, 0) is 14.0 Å². The number of piperidine rings is 1. The average Bonchev–Trinajstić information content (AvgIpc) is 2.60. The van der Waals surface area contributed by atoms with Crippen molar-refractivity contribution in [2.75, 3.05) is 26.3 Å². The summed E-state index contributed by atoms with van der Waals surface area (Å²) in [7, 11) is -0.389. The Morgan fingerprint density at radius 3 is 2.44 bits per heavy atom. The summed E-state index contributed by atoms with van der Waals surface area (Å²) in [4.78, 5) is 18.8. The number of ether oxygens (including phenoxy) is 1. The van der Waals surface area contributed by atoms with Crippen molar-refractivity contribution in [3.05, 3.63) is 23.9 Å². The van der Waals surface area contributed by atoms with E-state index in [4.69, 9.17) is 19.0 Å². The molecule has 6 nitrogen and oxygen atoms in total. The van der Waals surface area contributed by atoms with Crippen LogP contribution in [-0.4, -0.2) is 55.0 Å². The molecule has 3 heterocycles. The van der Waals surface area contributed by atoms with E-state index in [1.54, 1.807) is 4.90 Å². The van der Waals surface area contributed by atoms with Crippen molar-refractivity contribution in [2.45, 2.75) is 59.0 Å². The molecule has 0 spiro atoms. The fourth-order valence-corrected chi connectivity index (χ4v) is 3.37. The monoisotopic (exact) mass is 374 g/mol. The van der Waals surface area contributed by atoms with E-state index < -0.39 is 5.60 Å². The van der Waals surface area contributed by atoms with Gasteiger partial charge in [0.2, 0.25) is 0 Å². The number of pyridine rings is 1. The Balaban J connectivity index is 1.58. The van der Waals surface area contributed by atoms with Gasteiger partial charge in [0, 0.05) is 43.3 Å². The van der Waals surface area contributed by atoms with Gasteiger partial charge in [-0.2, -0.15) is 0 Å². The molecule has 2 fully saturated rings. The lowest BCUT2D eigenvalue weighted by Crippen LogP contribution is -2.48. The van der Waals surface area contributed by atoms with Crippen LogP contribution >= 0.6 is 0 Å². The Bertz CT molecular complexity index is 656. The van der Waals surface area contributed by atoms with E-state index in [9.17, 15) is 4.79 Å². The molecule has 2 aliphatic heterocycles. The zero-order valence-corrected chi connectivity index (χ0v) is 17.2. The Kier molecular flexibility index (Phi) is 5.82. The Morgan fingerprint density at radius 2 is 1.85 bits per heavy atom. The molecule has 2 saturated heterocycles. The number of hydrogen-bond donors (Lipinski definition) is 0. The van der Waals surface area contributed by atoms with E-state index in [-0.39, 0.29) is 18.6 Å². The maximum absolute atomic E-state index is 12.2. The molecule has 1 aromatic rings. The Labute approximate surface area is 162 Å². The number of aromatic nitrogens is 1. The fraction of sp³-hybridized carbons (Fsp3) is 0.700. The van der Waals surface area contributed by atoms with Crippen molar-refractivity contribution in [1.29, 1.82) is 0 Å². The molecule has 0 aliphatic carbocycles. The Hall–Kier alpha value is -1.60. The molecule has 3 rings (SSSR count). The van der Waals surface area contributed by atoms with E-state index in [1.807, 2.05) is 32.9 Å². The summed E-state index contributed by atoms with van der Waals surface area (Å²) in [6.45, 7) is 12.6. The molecule has 0 atom stereocenters. The van der Waals surface area contributed by atoms with Gasteiger partial charge < -0.3 is 18.9 Å². The number of rotatable bonds is 2. The van der Waals surface area contributed by atoms with E-state index >= 15 is 0 Å². The summed E-state index contributed by atoms with van der Waals surface area (Å²) in [5.41, 5.74) is 1.46. The zero-order valence-electron chi connectivity index (χ0n) is 17.2. The van der Waals surface area contributed by atoms with Crippen LogP contribution in [0.1, 0.15) is 59.1 Å². The highest BCUT2D eigenvalue weighted by atomic mass is 16.6. The Morgan fingerprint density at radius 1 is 1.22 bits per heavy atom. The maximum Gasteiger partial charge on any atom is 0.513 e. The SMILES string of the molecule is CC1(C)COB(c2cccc(C3CCN(C(=O)OC(C)(C)C)CC3)n2)OC1. The summed E-state index contributed by atoms with van der Waals surface area (Å²) in [5, 5.41) is 0. The summed E-state index contributed by atoms with van der Waals surface area (Å²) < 4.78 is 17.2. The maximum atomic E-state index is 12.2. The van der Waals surface area contributed by atoms with Gasteiger partial charge in [-0.3, -0.25) is 4.98 Å². The first-order valence-electron chi connectivity index (χ1n) is 9.81. The lowest BCUT2D eigenvalue weighted by Gasteiger charge is -2.34. The van der Waals surface area contributed by atoms with Crippen LogP contribution in [0.15, 0.2) is 18.2 Å². The molecule has 0 bridgehead atoms. The van der Waals surface area contributed by atoms with Crippen molar-refractivity contribution in [2.24, 2.45) is 5.41 Å². The third-order valence-corrected chi connectivity index (χ3v) is 4.85. The van der Waals surface area contributed by atoms with Gasteiger partial charge in [-0.1, -0.05) is 19.9 Å². The van der Waals surface area contributed by atoms with Crippen LogP contribution in [0, 0.1) is 5.41 Å². The molecule has 27 heavy (non-hydrogen) atoms. The first-order chi connectivity index (χ1) is 12.6. The topological polar surface area (TPSA) is 60.9 Å². The normalized spacial score (nSPS) is 21.2. The van der Waals surface area contributed by atoms with Gasteiger partial charge in [0.1, 0.15) is 5.60 Å². The van der Waals surface area contributed by atoms with Crippen molar-refractivity contribution in [3.8, 4) is 0 Å². The second kappa shape index (κ2) is 7.80. The fourth-order valence-electron chi connectivity index (χ4n) is 3.37. The smallest absolute Gasteiger partial charge is 0.444 e. The standard InChI is InChI=1S/C20H31BN2O4/c1-19(2,3)27-18(24)23-11-9-15(10-12-23)16-7-6-8-17(22-16)21-25-13-20(4,5)14-26-21/h6-8,15H,9-14H2,1-5H3.